The van der Waals surface area contributed by atoms with E-state index in [4.69, 9.17) is 4.74 Å². The van der Waals surface area contributed by atoms with Crippen molar-refractivity contribution in [2.45, 2.75) is 31.7 Å². The number of anilines is 2. The standard InChI is InChI=1S/C22H27N3O.ClH/c1-14-10-16(26-2)4-5-17(14)15-11-18-19-13-23-8-6-21(19)25-9-3-7-24-20(12-15)22(18)25;/h4-5,10-12,19,21,23-24H,3,6-9,13H2,1-2H3;1H/t19-,21-;/m0./s1. The summed E-state index contributed by atoms with van der Waals surface area (Å²) in [7, 11) is 1.73. The third-order valence-electron chi connectivity index (χ3n) is 6.31. The average Bonchev–Trinajstić information content (AvgIpc) is 2.83. The summed E-state index contributed by atoms with van der Waals surface area (Å²) in [5, 5.41) is 7.33. The number of nitrogens with one attached hydrogen (secondary N) is 2. The molecule has 5 rings (SSSR count). The van der Waals surface area contributed by atoms with Gasteiger partial charge < -0.3 is 20.3 Å². The molecule has 1 fully saturated rings. The number of hydrogen-bond donors (Lipinski definition) is 2. The molecular formula is C22H28ClN3O. The number of fused-ring (bicyclic) bond motifs is 3. The molecular weight excluding hydrogens is 358 g/mol. The van der Waals surface area contributed by atoms with E-state index in [2.05, 4.69) is 52.8 Å². The smallest absolute Gasteiger partial charge is 0.119 e. The summed E-state index contributed by atoms with van der Waals surface area (Å²) in [6.07, 6.45) is 2.46. The molecule has 0 radical (unpaired) electrons. The van der Waals surface area contributed by atoms with Crippen molar-refractivity contribution in [3.63, 3.8) is 0 Å². The molecule has 0 unspecified atom stereocenters. The zero-order valence-electron chi connectivity index (χ0n) is 16.0. The van der Waals surface area contributed by atoms with Crippen LogP contribution in [0.15, 0.2) is 30.3 Å². The lowest BCUT2D eigenvalue weighted by Crippen LogP contribution is -2.44. The van der Waals surface area contributed by atoms with Gasteiger partial charge >= 0.3 is 0 Å². The Labute approximate surface area is 167 Å². The summed E-state index contributed by atoms with van der Waals surface area (Å²) in [4.78, 5) is 2.70. The summed E-state index contributed by atoms with van der Waals surface area (Å²) in [6.45, 7) is 6.64. The lowest BCUT2D eigenvalue weighted by atomic mass is 9.87. The Kier molecular flexibility index (Phi) is 4.95. The molecule has 4 nitrogen and oxygen atoms in total. The van der Waals surface area contributed by atoms with E-state index >= 15 is 0 Å². The van der Waals surface area contributed by atoms with Crippen LogP contribution in [0, 0.1) is 6.92 Å². The Hall–Kier alpha value is -1.91. The van der Waals surface area contributed by atoms with Gasteiger partial charge in [0.15, 0.2) is 0 Å². The van der Waals surface area contributed by atoms with E-state index in [1.54, 1.807) is 7.11 Å². The first-order chi connectivity index (χ1) is 12.8. The number of rotatable bonds is 2. The quantitative estimate of drug-likeness (QED) is 0.813. The highest BCUT2D eigenvalue weighted by Gasteiger charge is 2.41. The highest BCUT2D eigenvalue weighted by atomic mass is 35.5. The van der Waals surface area contributed by atoms with Crippen molar-refractivity contribution in [3.8, 4) is 16.9 Å². The molecule has 27 heavy (non-hydrogen) atoms. The first-order valence-electron chi connectivity index (χ1n) is 9.80. The molecule has 2 aromatic carbocycles. The fourth-order valence-electron chi connectivity index (χ4n) is 5.09. The topological polar surface area (TPSA) is 36.5 Å². The Balaban J connectivity index is 0.00000180. The maximum Gasteiger partial charge on any atom is 0.119 e. The Morgan fingerprint density at radius 2 is 2.04 bits per heavy atom. The SMILES string of the molecule is COc1ccc(-c2cc3c4c(c2)[C@@H]2CNCC[C@@H]2N4CCCN3)c(C)c1.Cl. The summed E-state index contributed by atoms with van der Waals surface area (Å²) >= 11 is 0. The fraction of sp³-hybridized carbons (Fsp3) is 0.455. The molecule has 0 bridgehead atoms. The van der Waals surface area contributed by atoms with Gasteiger partial charge in [0.2, 0.25) is 0 Å². The van der Waals surface area contributed by atoms with Gasteiger partial charge in [0.25, 0.3) is 0 Å². The van der Waals surface area contributed by atoms with Gasteiger partial charge in [0.1, 0.15) is 5.75 Å². The van der Waals surface area contributed by atoms with Crippen molar-refractivity contribution in [2.24, 2.45) is 0 Å². The second kappa shape index (κ2) is 7.25. The minimum absolute atomic E-state index is 0. The lowest BCUT2D eigenvalue weighted by Gasteiger charge is -2.33. The zero-order valence-corrected chi connectivity index (χ0v) is 16.9. The van der Waals surface area contributed by atoms with E-state index in [1.165, 1.54) is 53.0 Å². The van der Waals surface area contributed by atoms with Gasteiger partial charge in [-0.1, -0.05) is 6.07 Å². The van der Waals surface area contributed by atoms with Crippen LogP contribution in [0.4, 0.5) is 11.4 Å². The van der Waals surface area contributed by atoms with Gasteiger partial charge in [0.05, 0.1) is 18.5 Å². The van der Waals surface area contributed by atoms with E-state index in [9.17, 15) is 0 Å². The van der Waals surface area contributed by atoms with Crippen molar-refractivity contribution in [1.82, 2.24) is 5.32 Å². The lowest BCUT2D eigenvalue weighted by molar-refractivity contribution is 0.403. The Morgan fingerprint density at radius 3 is 2.85 bits per heavy atom. The van der Waals surface area contributed by atoms with Crippen LogP contribution in [0.5, 0.6) is 5.75 Å². The maximum absolute atomic E-state index is 5.39. The van der Waals surface area contributed by atoms with Gasteiger partial charge in [-0.2, -0.15) is 0 Å². The molecule has 2 aromatic rings. The van der Waals surface area contributed by atoms with Crippen LogP contribution in [0.3, 0.4) is 0 Å². The Morgan fingerprint density at radius 1 is 1.15 bits per heavy atom. The third kappa shape index (κ3) is 2.95. The molecule has 144 valence electrons. The summed E-state index contributed by atoms with van der Waals surface area (Å²) in [5.74, 6) is 1.53. The van der Waals surface area contributed by atoms with Crippen LogP contribution in [0.2, 0.25) is 0 Å². The summed E-state index contributed by atoms with van der Waals surface area (Å²) in [6, 6.07) is 11.9. The van der Waals surface area contributed by atoms with Crippen LogP contribution < -0.4 is 20.3 Å². The Bertz CT molecular complexity index is 854. The number of nitrogens with zero attached hydrogens (tertiary/aromatic N) is 1. The van der Waals surface area contributed by atoms with E-state index in [-0.39, 0.29) is 12.4 Å². The second-order valence-corrected chi connectivity index (χ2v) is 7.78. The maximum atomic E-state index is 5.39. The van der Waals surface area contributed by atoms with Crippen molar-refractivity contribution in [1.29, 1.82) is 0 Å². The average molecular weight is 386 g/mol. The zero-order chi connectivity index (χ0) is 17.7. The number of benzene rings is 2. The van der Waals surface area contributed by atoms with Gasteiger partial charge in [-0.05, 0) is 72.8 Å². The minimum Gasteiger partial charge on any atom is -0.497 e. The van der Waals surface area contributed by atoms with Crippen molar-refractivity contribution in [3.05, 3.63) is 41.5 Å². The minimum atomic E-state index is 0. The second-order valence-electron chi connectivity index (χ2n) is 7.78. The molecule has 3 aliphatic rings. The molecule has 2 N–H and O–H groups in total. The van der Waals surface area contributed by atoms with E-state index in [0.717, 1.165) is 25.4 Å². The number of halogens is 1. The molecule has 0 spiro atoms. The molecule has 2 atom stereocenters. The van der Waals surface area contributed by atoms with E-state index in [1.807, 2.05) is 0 Å². The van der Waals surface area contributed by atoms with Crippen LogP contribution in [-0.2, 0) is 0 Å². The number of hydrogen-bond acceptors (Lipinski definition) is 4. The summed E-state index contributed by atoms with van der Waals surface area (Å²) in [5.41, 5.74) is 8.20. The molecule has 5 heteroatoms. The predicted molar refractivity (Wildman–Crippen MR) is 115 cm³/mol. The van der Waals surface area contributed by atoms with Crippen LogP contribution in [0.25, 0.3) is 11.1 Å². The normalized spacial score (nSPS) is 22.8. The number of piperidine rings is 1. The van der Waals surface area contributed by atoms with E-state index < -0.39 is 0 Å². The van der Waals surface area contributed by atoms with Crippen LogP contribution >= 0.6 is 12.4 Å². The fourth-order valence-corrected chi connectivity index (χ4v) is 5.09. The van der Waals surface area contributed by atoms with Gasteiger partial charge in [-0.15, -0.1) is 12.4 Å². The monoisotopic (exact) mass is 385 g/mol. The first-order valence-corrected chi connectivity index (χ1v) is 9.80. The molecule has 1 saturated heterocycles. The summed E-state index contributed by atoms with van der Waals surface area (Å²) < 4.78 is 5.39. The number of ether oxygens (including phenoxy) is 1. The third-order valence-corrected chi connectivity index (χ3v) is 6.31. The van der Waals surface area contributed by atoms with Gasteiger partial charge in [-0.25, -0.2) is 0 Å². The molecule has 3 heterocycles. The van der Waals surface area contributed by atoms with Crippen molar-refractivity contribution < 1.29 is 4.74 Å². The molecule has 3 aliphatic heterocycles. The molecule has 0 saturated carbocycles. The van der Waals surface area contributed by atoms with Gasteiger partial charge in [-0.3, -0.25) is 0 Å². The molecule has 0 aliphatic carbocycles. The molecule has 0 aromatic heterocycles. The highest BCUT2D eigenvalue weighted by molar-refractivity contribution is 5.86. The van der Waals surface area contributed by atoms with Crippen LogP contribution in [-0.4, -0.2) is 39.3 Å². The highest BCUT2D eigenvalue weighted by Crippen LogP contribution is 2.50. The largest absolute Gasteiger partial charge is 0.497 e. The van der Waals surface area contributed by atoms with Gasteiger partial charge in [0, 0.05) is 31.6 Å². The van der Waals surface area contributed by atoms with E-state index in [0.29, 0.717) is 12.0 Å². The molecule has 0 amide bonds. The first kappa shape index (κ1) is 18.5. The van der Waals surface area contributed by atoms with Crippen molar-refractivity contribution in [2.75, 3.05) is 43.5 Å². The van der Waals surface area contributed by atoms with Crippen LogP contribution in [0.1, 0.15) is 29.9 Å². The number of aryl methyl sites for hydroxylation is 1. The number of methoxy groups -OCH3 is 1. The van der Waals surface area contributed by atoms with Crippen molar-refractivity contribution >= 4 is 23.8 Å². The predicted octanol–water partition coefficient (Wildman–Crippen LogP) is 4.17.